The first-order valence-corrected chi connectivity index (χ1v) is 5.19. The molecule has 0 spiro atoms. The number of aromatic nitrogens is 2. The number of nitrogens with zero attached hydrogens (tertiary/aromatic N) is 2. The van der Waals surface area contributed by atoms with Crippen molar-refractivity contribution < 1.29 is 0 Å². The number of hydrogen-bond donors (Lipinski definition) is 1. The molecule has 0 aromatic carbocycles. The molecule has 0 atom stereocenters. The fourth-order valence-corrected chi connectivity index (χ4v) is 1.75. The van der Waals surface area contributed by atoms with Crippen molar-refractivity contribution in [3.63, 3.8) is 0 Å². The average Bonchev–Trinajstić information content (AvgIpc) is 2.35. The van der Waals surface area contributed by atoms with Gasteiger partial charge in [0.05, 0.1) is 5.69 Å². The average molecular weight is 225 g/mol. The van der Waals surface area contributed by atoms with Gasteiger partial charge in [0, 0.05) is 18.0 Å². The van der Waals surface area contributed by atoms with Gasteiger partial charge in [0.1, 0.15) is 11.6 Å². The Balaban J connectivity index is 2.75. The quantitative estimate of drug-likeness (QED) is 0.806. The Bertz CT molecular complexity index is 651. The predicted octanol–water partition coefficient (Wildman–Crippen LogP) is 1.93. The number of nitrogens with one attached hydrogen (secondary N) is 1. The van der Waals surface area contributed by atoms with Crippen molar-refractivity contribution in [2.75, 3.05) is 0 Å². The number of hydrogen-bond acceptors (Lipinski definition) is 3. The predicted molar refractivity (Wildman–Crippen MR) is 64.5 cm³/mol. The van der Waals surface area contributed by atoms with E-state index >= 15 is 0 Å². The zero-order valence-corrected chi connectivity index (χ0v) is 9.61. The molecule has 1 N–H and O–H groups in total. The molecule has 0 aliphatic carbocycles. The molecule has 0 bridgehead atoms. The van der Waals surface area contributed by atoms with Gasteiger partial charge in [-0.25, -0.2) is 0 Å². The number of pyridine rings is 2. The van der Waals surface area contributed by atoms with Crippen molar-refractivity contribution in [1.29, 1.82) is 5.26 Å². The maximum absolute atomic E-state index is 11.7. The topological polar surface area (TPSA) is 69.5 Å². The van der Waals surface area contributed by atoms with Crippen LogP contribution in [-0.2, 0) is 0 Å². The van der Waals surface area contributed by atoms with Crippen molar-refractivity contribution in [3.8, 4) is 17.3 Å². The molecule has 4 nitrogen and oxygen atoms in total. The van der Waals surface area contributed by atoms with E-state index in [-0.39, 0.29) is 11.1 Å². The van der Waals surface area contributed by atoms with Crippen LogP contribution in [0.15, 0.2) is 29.3 Å². The Labute approximate surface area is 98.6 Å². The van der Waals surface area contributed by atoms with Gasteiger partial charge >= 0.3 is 0 Å². The zero-order valence-electron chi connectivity index (χ0n) is 9.61. The molecule has 2 rings (SSSR count). The van der Waals surface area contributed by atoms with E-state index in [1.807, 2.05) is 19.1 Å². The maximum atomic E-state index is 11.7. The van der Waals surface area contributed by atoms with Gasteiger partial charge in [-0.1, -0.05) is 0 Å². The highest BCUT2D eigenvalue weighted by molar-refractivity contribution is 5.64. The molecule has 0 aliphatic rings. The van der Waals surface area contributed by atoms with Crippen LogP contribution in [0.5, 0.6) is 0 Å². The van der Waals surface area contributed by atoms with Gasteiger partial charge < -0.3 is 4.98 Å². The van der Waals surface area contributed by atoms with E-state index in [4.69, 9.17) is 5.26 Å². The summed E-state index contributed by atoms with van der Waals surface area (Å²) < 4.78 is 0. The van der Waals surface area contributed by atoms with Gasteiger partial charge in [-0.15, -0.1) is 0 Å². The third-order valence-corrected chi connectivity index (χ3v) is 2.84. The lowest BCUT2D eigenvalue weighted by Crippen LogP contribution is -2.15. The zero-order chi connectivity index (χ0) is 12.4. The lowest BCUT2D eigenvalue weighted by molar-refractivity contribution is 1.14. The van der Waals surface area contributed by atoms with Crippen LogP contribution in [0.4, 0.5) is 0 Å². The van der Waals surface area contributed by atoms with Gasteiger partial charge in [0.15, 0.2) is 0 Å². The highest BCUT2D eigenvalue weighted by Crippen LogP contribution is 2.21. The summed E-state index contributed by atoms with van der Waals surface area (Å²) in [5.41, 5.74) is 3.00. The van der Waals surface area contributed by atoms with Crippen LogP contribution in [0.2, 0.25) is 0 Å². The Hall–Kier alpha value is -2.41. The number of H-pyrrole nitrogens is 1. The fourth-order valence-electron chi connectivity index (χ4n) is 1.75. The molecule has 0 unspecified atom stereocenters. The van der Waals surface area contributed by atoms with Crippen LogP contribution in [0.25, 0.3) is 11.3 Å². The second kappa shape index (κ2) is 4.22. The first-order chi connectivity index (χ1) is 8.15. The highest BCUT2D eigenvalue weighted by atomic mass is 16.1. The van der Waals surface area contributed by atoms with Crippen molar-refractivity contribution >= 4 is 0 Å². The molecule has 0 saturated carbocycles. The summed E-state index contributed by atoms with van der Waals surface area (Å²) in [6.45, 7) is 3.66. The Morgan fingerprint density at radius 2 is 2.12 bits per heavy atom. The second-order valence-corrected chi connectivity index (χ2v) is 3.81. The summed E-state index contributed by atoms with van der Waals surface area (Å²) in [4.78, 5) is 18.5. The minimum absolute atomic E-state index is 0.176. The molecule has 0 fully saturated rings. The molecule has 0 saturated heterocycles. The van der Waals surface area contributed by atoms with Gasteiger partial charge in [-0.05, 0) is 37.1 Å². The molecular weight excluding hydrogens is 214 g/mol. The van der Waals surface area contributed by atoms with E-state index in [0.29, 0.717) is 0 Å². The molecule has 0 aliphatic heterocycles. The first kappa shape index (κ1) is 11.1. The van der Waals surface area contributed by atoms with E-state index in [2.05, 4.69) is 9.97 Å². The third-order valence-electron chi connectivity index (χ3n) is 2.84. The molecule has 0 radical (unpaired) electrons. The molecular formula is C13H11N3O. The van der Waals surface area contributed by atoms with Crippen molar-refractivity contribution in [3.05, 3.63) is 51.6 Å². The fraction of sp³-hybridized carbons (Fsp3) is 0.154. The Morgan fingerprint density at radius 1 is 1.35 bits per heavy atom. The number of nitriles is 1. The van der Waals surface area contributed by atoms with Crippen LogP contribution in [0.3, 0.4) is 0 Å². The third kappa shape index (κ3) is 1.83. The van der Waals surface area contributed by atoms with Gasteiger partial charge in [0.25, 0.3) is 5.56 Å². The molecule has 17 heavy (non-hydrogen) atoms. The summed E-state index contributed by atoms with van der Waals surface area (Å²) >= 11 is 0. The summed E-state index contributed by atoms with van der Waals surface area (Å²) in [5.74, 6) is 0. The van der Waals surface area contributed by atoms with Crippen LogP contribution < -0.4 is 5.56 Å². The van der Waals surface area contributed by atoms with Crippen LogP contribution in [0.1, 0.15) is 16.7 Å². The summed E-state index contributed by atoms with van der Waals surface area (Å²) in [6.07, 6.45) is 3.36. The van der Waals surface area contributed by atoms with E-state index < -0.39 is 0 Å². The van der Waals surface area contributed by atoms with E-state index in [1.165, 1.54) is 0 Å². The van der Waals surface area contributed by atoms with E-state index in [0.717, 1.165) is 22.4 Å². The van der Waals surface area contributed by atoms with Crippen LogP contribution in [0, 0.1) is 25.2 Å². The number of aromatic amines is 1. The Kier molecular flexibility index (Phi) is 2.75. The standard InChI is InChI=1S/C13H11N3O/c1-8-9(2)12(10-4-3-5-15-7-10)16-13(17)11(8)6-14/h3-5,7H,1-2H3,(H,16,17). The van der Waals surface area contributed by atoms with E-state index in [9.17, 15) is 4.79 Å². The molecule has 2 aromatic heterocycles. The smallest absolute Gasteiger partial charge is 0.266 e. The van der Waals surface area contributed by atoms with Gasteiger partial charge in [-0.3, -0.25) is 9.78 Å². The van der Waals surface area contributed by atoms with Crippen LogP contribution >= 0.6 is 0 Å². The molecule has 2 aromatic rings. The molecule has 4 heteroatoms. The second-order valence-electron chi connectivity index (χ2n) is 3.81. The lowest BCUT2D eigenvalue weighted by Gasteiger charge is -2.09. The summed E-state index contributed by atoms with van der Waals surface area (Å²) in [6, 6.07) is 5.60. The van der Waals surface area contributed by atoms with Crippen molar-refractivity contribution in [2.45, 2.75) is 13.8 Å². The molecule has 0 amide bonds. The van der Waals surface area contributed by atoms with E-state index in [1.54, 1.807) is 25.4 Å². The van der Waals surface area contributed by atoms with Crippen molar-refractivity contribution in [1.82, 2.24) is 9.97 Å². The minimum atomic E-state index is -0.352. The normalized spacial score (nSPS) is 9.94. The van der Waals surface area contributed by atoms with Crippen LogP contribution in [-0.4, -0.2) is 9.97 Å². The monoisotopic (exact) mass is 225 g/mol. The first-order valence-electron chi connectivity index (χ1n) is 5.19. The highest BCUT2D eigenvalue weighted by Gasteiger charge is 2.12. The maximum Gasteiger partial charge on any atom is 0.266 e. The number of rotatable bonds is 1. The van der Waals surface area contributed by atoms with Gasteiger partial charge in [-0.2, -0.15) is 5.26 Å². The van der Waals surface area contributed by atoms with Gasteiger partial charge in [0.2, 0.25) is 0 Å². The minimum Gasteiger partial charge on any atom is -0.320 e. The lowest BCUT2D eigenvalue weighted by atomic mass is 10.0. The SMILES string of the molecule is Cc1c(-c2cccnc2)[nH]c(=O)c(C#N)c1C. The van der Waals surface area contributed by atoms with Crippen molar-refractivity contribution in [2.24, 2.45) is 0 Å². The Morgan fingerprint density at radius 3 is 2.71 bits per heavy atom. The summed E-state index contributed by atoms with van der Waals surface area (Å²) in [7, 11) is 0. The molecule has 2 heterocycles. The largest absolute Gasteiger partial charge is 0.320 e. The summed E-state index contributed by atoms with van der Waals surface area (Å²) in [5, 5.41) is 8.90. The molecule has 84 valence electrons.